The maximum atomic E-state index is 12.2. The lowest BCUT2D eigenvalue weighted by atomic mass is 10.1. The number of carbonyl (C=O) groups is 1. The summed E-state index contributed by atoms with van der Waals surface area (Å²) in [6.07, 6.45) is 0. The van der Waals surface area contributed by atoms with Crippen LogP contribution in [0.15, 0.2) is 54.6 Å². The van der Waals surface area contributed by atoms with Gasteiger partial charge in [-0.1, -0.05) is 41.9 Å². The maximum Gasteiger partial charge on any atom is 0.282 e. The number of nitrogens with one attached hydrogen (secondary N) is 1. The predicted molar refractivity (Wildman–Crippen MR) is 86.3 cm³/mol. The fourth-order valence-electron chi connectivity index (χ4n) is 2.18. The molecule has 0 spiro atoms. The maximum absolute atomic E-state index is 12.2. The van der Waals surface area contributed by atoms with Crippen LogP contribution in [0.1, 0.15) is 25.5 Å². The number of nitrogens with two attached hydrogens (primary N) is 1. The SMILES string of the molecule is C[C@@H]([NH2+][C@H](C)c1ccccc1)C(=O)Nc1ccc(Cl)cc1. The molecule has 4 heteroatoms. The molecule has 2 aromatic rings. The molecule has 3 N–H and O–H groups in total. The van der Waals surface area contributed by atoms with E-state index < -0.39 is 0 Å². The first-order valence-electron chi connectivity index (χ1n) is 7.02. The Morgan fingerprint density at radius 1 is 1.05 bits per heavy atom. The second kappa shape index (κ2) is 7.25. The van der Waals surface area contributed by atoms with Crippen molar-refractivity contribution >= 4 is 23.2 Å². The number of carbonyl (C=O) groups excluding carboxylic acids is 1. The van der Waals surface area contributed by atoms with Crippen LogP contribution in [0.3, 0.4) is 0 Å². The van der Waals surface area contributed by atoms with Crippen molar-refractivity contribution in [3.63, 3.8) is 0 Å². The Labute approximate surface area is 130 Å². The number of benzene rings is 2. The van der Waals surface area contributed by atoms with Crippen LogP contribution in [0, 0.1) is 0 Å². The molecule has 0 radical (unpaired) electrons. The molecule has 0 aromatic heterocycles. The summed E-state index contributed by atoms with van der Waals surface area (Å²) in [7, 11) is 0. The molecular formula is C17H20ClN2O+. The normalized spacial score (nSPS) is 13.5. The first kappa shape index (κ1) is 15.5. The number of anilines is 1. The Morgan fingerprint density at radius 2 is 1.67 bits per heavy atom. The smallest absolute Gasteiger partial charge is 0.282 e. The molecule has 0 aliphatic carbocycles. The lowest BCUT2D eigenvalue weighted by molar-refractivity contribution is -0.709. The molecule has 21 heavy (non-hydrogen) atoms. The van der Waals surface area contributed by atoms with Crippen molar-refractivity contribution < 1.29 is 10.1 Å². The molecule has 0 fully saturated rings. The first-order valence-corrected chi connectivity index (χ1v) is 7.40. The van der Waals surface area contributed by atoms with Crippen molar-refractivity contribution in [3.05, 3.63) is 65.2 Å². The van der Waals surface area contributed by atoms with Gasteiger partial charge < -0.3 is 10.6 Å². The van der Waals surface area contributed by atoms with Gasteiger partial charge in [-0.3, -0.25) is 4.79 Å². The summed E-state index contributed by atoms with van der Waals surface area (Å²) in [5.41, 5.74) is 1.97. The average Bonchev–Trinajstić information content (AvgIpc) is 2.50. The average molecular weight is 304 g/mol. The monoisotopic (exact) mass is 303 g/mol. The fourth-order valence-corrected chi connectivity index (χ4v) is 2.30. The molecule has 2 rings (SSSR count). The molecule has 2 aromatic carbocycles. The molecule has 0 heterocycles. The summed E-state index contributed by atoms with van der Waals surface area (Å²) >= 11 is 5.83. The van der Waals surface area contributed by atoms with E-state index in [0.29, 0.717) is 5.02 Å². The lowest BCUT2D eigenvalue weighted by Crippen LogP contribution is -2.91. The largest absolute Gasteiger partial charge is 0.330 e. The second-order valence-electron chi connectivity index (χ2n) is 5.18. The van der Waals surface area contributed by atoms with Crippen molar-refractivity contribution in [1.82, 2.24) is 0 Å². The topological polar surface area (TPSA) is 45.7 Å². The number of quaternary nitrogens is 1. The van der Waals surface area contributed by atoms with Crippen LogP contribution in [0.2, 0.25) is 5.02 Å². The van der Waals surface area contributed by atoms with Gasteiger partial charge in [0.1, 0.15) is 6.04 Å². The Morgan fingerprint density at radius 3 is 2.29 bits per heavy atom. The minimum atomic E-state index is -0.170. The fraction of sp³-hybridized carbons (Fsp3) is 0.235. The van der Waals surface area contributed by atoms with E-state index in [1.54, 1.807) is 24.3 Å². The molecular weight excluding hydrogens is 284 g/mol. The van der Waals surface area contributed by atoms with Crippen molar-refractivity contribution in [1.29, 1.82) is 0 Å². The molecule has 0 aliphatic rings. The van der Waals surface area contributed by atoms with Gasteiger partial charge in [0.15, 0.2) is 6.04 Å². The second-order valence-corrected chi connectivity index (χ2v) is 5.61. The third-order valence-electron chi connectivity index (χ3n) is 3.43. The summed E-state index contributed by atoms with van der Waals surface area (Å²) in [6, 6.07) is 17.4. The van der Waals surface area contributed by atoms with E-state index in [9.17, 15) is 4.79 Å². The van der Waals surface area contributed by atoms with Gasteiger partial charge in [-0.25, -0.2) is 0 Å². The van der Waals surface area contributed by atoms with Crippen LogP contribution in [0.4, 0.5) is 5.69 Å². The molecule has 2 atom stereocenters. The van der Waals surface area contributed by atoms with Gasteiger partial charge >= 0.3 is 0 Å². The standard InChI is InChI=1S/C17H19ClN2O/c1-12(14-6-4-3-5-7-14)19-13(2)17(21)20-16-10-8-15(18)9-11-16/h3-13,19H,1-2H3,(H,20,21)/p+1/t12-,13-/m1/s1. The Hall–Kier alpha value is -1.84. The first-order chi connectivity index (χ1) is 10.1. The predicted octanol–water partition coefficient (Wildman–Crippen LogP) is 2.99. The minimum Gasteiger partial charge on any atom is -0.330 e. The van der Waals surface area contributed by atoms with Gasteiger partial charge in [0.2, 0.25) is 0 Å². The lowest BCUT2D eigenvalue weighted by Gasteiger charge is -2.16. The zero-order valence-corrected chi connectivity index (χ0v) is 13.0. The third kappa shape index (κ3) is 4.59. The van der Waals surface area contributed by atoms with E-state index in [1.807, 2.05) is 25.1 Å². The van der Waals surface area contributed by atoms with Gasteiger partial charge in [0, 0.05) is 16.3 Å². The van der Waals surface area contributed by atoms with E-state index >= 15 is 0 Å². The number of hydrogen-bond donors (Lipinski definition) is 2. The van der Waals surface area contributed by atoms with Crippen molar-refractivity contribution in [2.45, 2.75) is 25.9 Å². The van der Waals surface area contributed by atoms with E-state index in [1.165, 1.54) is 5.56 Å². The third-order valence-corrected chi connectivity index (χ3v) is 3.68. The van der Waals surface area contributed by atoms with E-state index in [-0.39, 0.29) is 18.0 Å². The highest BCUT2D eigenvalue weighted by Crippen LogP contribution is 2.13. The number of hydrogen-bond acceptors (Lipinski definition) is 1. The number of rotatable bonds is 5. The molecule has 1 amide bonds. The summed E-state index contributed by atoms with van der Waals surface area (Å²) < 4.78 is 0. The number of amides is 1. The van der Waals surface area contributed by atoms with E-state index in [2.05, 4.69) is 29.7 Å². The molecule has 3 nitrogen and oxygen atoms in total. The van der Waals surface area contributed by atoms with Gasteiger partial charge in [0.05, 0.1) is 0 Å². The highest BCUT2D eigenvalue weighted by atomic mass is 35.5. The highest BCUT2D eigenvalue weighted by molar-refractivity contribution is 6.30. The molecule has 0 saturated heterocycles. The summed E-state index contributed by atoms with van der Waals surface area (Å²) in [5, 5.41) is 5.61. The Kier molecular flexibility index (Phi) is 5.37. The number of halogens is 1. The van der Waals surface area contributed by atoms with Gasteiger partial charge in [0.25, 0.3) is 5.91 Å². The van der Waals surface area contributed by atoms with Crippen LogP contribution in [-0.4, -0.2) is 11.9 Å². The van der Waals surface area contributed by atoms with Crippen LogP contribution >= 0.6 is 11.6 Å². The molecule has 0 bridgehead atoms. The van der Waals surface area contributed by atoms with Gasteiger partial charge in [-0.2, -0.15) is 0 Å². The van der Waals surface area contributed by atoms with Crippen LogP contribution in [-0.2, 0) is 4.79 Å². The summed E-state index contributed by atoms with van der Waals surface area (Å²) in [6.45, 7) is 4.01. The van der Waals surface area contributed by atoms with E-state index in [4.69, 9.17) is 11.6 Å². The van der Waals surface area contributed by atoms with Crippen LogP contribution in [0.5, 0.6) is 0 Å². The van der Waals surface area contributed by atoms with Crippen LogP contribution < -0.4 is 10.6 Å². The van der Waals surface area contributed by atoms with Gasteiger partial charge in [-0.05, 0) is 38.1 Å². The molecule has 0 aliphatic heterocycles. The molecule has 0 unspecified atom stereocenters. The van der Waals surface area contributed by atoms with Crippen molar-refractivity contribution in [3.8, 4) is 0 Å². The van der Waals surface area contributed by atoms with Crippen molar-refractivity contribution in [2.75, 3.05) is 5.32 Å². The zero-order chi connectivity index (χ0) is 15.2. The highest BCUT2D eigenvalue weighted by Gasteiger charge is 2.20. The molecule has 0 saturated carbocycles. The minimum absolute atomic E-state index is 0.0138. The summed E-state index contributed by atoms with van der Waals surface area (Å²) in [5.74, 6) is -0.0138. The Balaban J connectivity index is 1.92. The molecule has 110 valence electrons. The Bertz CT molecular complexity index is 583. The summed E-state index contributed by atoms with van der Waals surface area (Å²) in [4.78, 5) is 12.2. The zero-order valence-electron chi connectivity index (χ0n) is 12.2. The quantitative estimate of drug-likeness (QED) is 0.876. The van der Waals surface area contributed by atoms with Crippen LogP contribution in [0.25, 0.3) is 0 Å². The van der Waals surface area contributed by atoms with Gasteiger partial charge in [-0.15, -0.1) is 0 Å². The van der Waals surface area contributed by atoms with Crippen molar-refractivity contribution in [2.24, 2.45) is 0 Å². The van der Waals surface area contributed by atoms with E-state index in [0.717, 1.165) is 5.69 Å².